The minimum absolute atomic E-state index is 0.223. The number of hydrogen-bond acceptors (Lipinski definition) is 4. The van der Waals surface area contributed by atoms with Crippen molar-refractivity contribution in [2.45, 2.75) is 51.0 Å². The number of carbonyl (C=O) groups is 2. The van der Waals surface area contributed by atoms with Crippen molar-refractivity contribution in [3.63, 3.8) is 0 Å². The first-order chi connectivity index (χ1) is 11.0. The predicted molar refractivity (Wildman–Crippen MR) is 92.6 cm³/mol. The van der Waals surface area contributed by atoms with E-state index in [4.69, 9.17) is 4.74 Å². The van der Waals surface area contributed by atoms with E-state index in [-0.39, 0.29) is 17.6 Å². The standard InChI is InChI=1S/C18H25NO3S/c1-12(2)10-19-18(21)13(3)22-17(20)11-23-16-8-7-14-5-4-6-15(14)9-16/h7-9,12-13H,4-6,10-11H2,1-3H3,(H,19,21)/t13-/m0/s1. The number of aryl methyl sites for hydroxylation is 2. The third-order valence-electron chi connectivity index (χ3n) is 3.79. The number of nitrogens with one attached hydrogen (secondary N) is 1. The molecule has 0 spiro atoms. The topological polar surface area (TPSA) is 55.4 Å². The Hall–Kier alpha value is -1.49. The van der Waals surface area contributed by atoms with Crippen LogP contribution in [0.5, 0.6) is 0 Å². The number of benzene rings is 1. The fraction of sp³-hybridized carbons (Fsp3) is 0.556. The lowest BCUT2D eigenvalue weighted by atomic mass is 10.1. The number of ether oxygens (including phenoxy) is 1. The van der Waals surface area contributed by atoms with E-state index in [9.17, 15) is 9.59 Å². The van der Waals surface area contributed by atoms with Gasteiger partial charge in [0.1, 0.15) is 0 Å². The van der Waals surface area contributed by atoms with Crippen LogP contribution in [0.2, 0.25) is 0 Å². The quantitative estimate of drug-likeness (QED) is 0.615. The Morgan fingerprint density at radius 2 is 1.96 bits per heavy atom. The van der Waals surface area contributed by atoms with Crippen molar-refractivity contribution in [3.8, 4) is 0 Å². The molecule has 0 saturated carbocycles. The molecule has 1 aliphatic rings. The molecule has 1 aromatic rings. The van der Waals surface area contributed by atoms with Gasteiger partial charge in [-0.25, -0.2) is 0 Å². The number of fused-ring (bicyclic) bond motifs is 1. The molecule has 4 nitrogen and oxygen atoms in total. The highest BCUT2D eigenvalue weighted by atomic mass is 32.2. The van der Waals surface area contributed by atoms with Gasteiger partial charge >= 0.3 is 5.97 Å². The van der Waals surface area contributed by atoms with Crippen LogP contribution in [0.1, 0.15) is 38.3 Å². The zero-order valence-electron chi connectivity index (χ0n) is 14.1. The van der Waals surface area contributed by atoms with E-state index in [1.165, 1.54) is 29.3 Å². The zero-order chi connectivity index (χ0) is 16.8. The second-order valence-electron chi connectivity index (χ2n) is 6.34. The van der Waals surface area contributed by atoms with Gasteiger partial charge in [0.15, 0.2) is 6.10 Å². The molecular weight excluding hydrogens is 310 g/mol. The van der Waals surface area contributed by atoms with Crippen molar-refractivity contribution >= 4 is 23.6 Å². The third-order valence-corrected chi connectivity index (χ3v) is 4.76. The Bertz CT molecular complexity index is 571. The van der Waals surface area contributed by atoms with Gasteiger partial charge in [0.2, 0.25) is 0 Å². The second kappa shape index (κ2) is 8.39. The molecule has 1 atom stereocenters. The summed E-state index contributed by atoms with van der Waals surface area (Å²) < 4.78 is 5.19. The Balaban J connectivity index is 1.75. The van der Waals surface area contributed by atoms with Gasteiger partial charge in [-0.15, -0.1) is 11.8 Å². The number of rotatable bonds is 7. The van der Waals surface area contributed by atoms with Gasteiger partial charge in [0.25, 0.3) is 5.91 Å². The van der Waals surface area contributed by atoms with Gasteiger partial charge in [-0.3, -0.25) is 9.59 Å². The molecule has 2 rings (SSSR count). The first-order valence-electron chi connectivity index (χ1n) is 8.17. The maximum atomic E-state index is 11.9. The molecule has 1 N–H and O–H groups in total. The molecule has 0 unspecified atom stereocenters. The molecule has 23 heavy (non-hydrogen) atoms. The van der Waals surface area contributed by atoms with E-state index < -0.39 is 6.10 Å². The number of carbonyl (C=O) groups excluding carboxylic acids is 2. The molecule has 1 aliphatic carbocycles. The highest BCUT2D eigenvalue weighted by Gasteiger charge is 2.18. The van der Waals surface area contributed by atoms with Crippen LogP contribution in [-0.4, -0.2) is 30.3 Å². The Morgan fingerprint density at radius 1 is 1.22 bits per heavy atom. The number of thioether (sulfide) groups is 1. The summed E-state index contributed by atoms with van der Waals surface area (Å²) in [4.78, 5) is 24.8. The maximum absolute atomic E-state index is 11.9. The Labute approximate surface area is 142 Å². The van der Waals surface area contributed by atoms with Crippen molar-refractivity contribution in [3.05, 3.63) is 29.3 Å². The monoisotopic (exact) mass is 335 g/mol. The van der Waals surface area contributed by atoms with Crippen LogP contribution in [0.25, 0.3) is 0 Å². The largest absolute Gasteiger partial charge is 0.452 e. The fourth-order valence-electron chi connectivity index (χ4n) is 2.51. The Morgan fingerprint density at radius 3 is 2.70 bits per heavy atom. The lowest BCUT2D eigenvalue weighted by Gasteiger charge is -2.14. The summed E-state index contributed by atoms with van der Waals surface area (Å²) in [6.07, 6.45) is 2.75. The summed E-state index contributed by atoms with van der Waals surface area (Å²) in [5, 5.41) is 2.77. The van der Waals surface area contributed by atoms with Crippen LogP contribution in [0, 0.1) is 5.92 Å². The molecule has 1 aromatic carbocycles. The molecule has 0 radical (unpaired) electrons. The molecule has 0 aliphatic heterocycles. The molecule has 0 heterocycles. The van der Waals surface area contributed by atoms with Crippen LogP contribution >= 0.6 is 11.8 Å². The van der Waals surface area contributed by atoms with E-state index >= 15 is 0 Å². The summed E-state index contributed by atoms with van der Waals surface area (Å²) in [7, 11) is 0. The van der Waals surface area contributed by atoms with Crippen molar-refractivity contribution < 1.29 is 14.3 Å². The van der Waals surface area contributed by atoms with Gasteiger partial charge in [-0.2, -0.15) is 0 Å². The Kier molecular flexibility index (Phi) is 6.51. The van der Waals surface area contributed by atoms with Crippen molar-refractivity contribution in [2.24, 2.45) is 5.92 Å². The maximum Gasteiger partial charge on any atom is 0.317 e. The third kappa shape index (κ3) is 5.57. The molecule has 0 fully saturated rings. The average Bonchev–Trinajstić information content (AvgIpc) is 2.98. The molecular formula is C18H25NO3S. The summed E-state index contributed by atoms with van der Waals surface area (Å²) in [5.74, 6) is -0.00452. The van der Waals surface area contributed by atoms with Gasteiger partial charge in [0.05, 0.1) is 5.75 Å². The second-order valence-corrected chi connectivity index (χ2v) is 7.39. The van der Waals surface area contributed by atoms with Crippen molar-refractivity contribution in [1.82, 2.24) is 5.32 Å². The van der Waals surface area contributed by atoms with Crippen molar-refractivity contribution in [2.75, 3.05) is 12.3 Å². The summed E-state index contributed by atoms with van der Waals surface area (Å²) in [5.41, 5.74) is 2.82. The van der Waals surface area contributed by atoms with Crippen molar-refractivity contribution in [1.29, 1.82) is 0 Å². The fourth-order valence-corrected chi connectivity index (χ4v) is 3.26. The molecule has 0 aromatic heterocycles. The highest BCUT2D eigenvalue weighted by Crippen LogP contribution is 2.27. The minimum Gasteiger partial charge on any atom is -0.452 e. The van der Waals surface area contributed by atoms with Crippen LogP contribution in [0.4, 0.5) is 0 Å². The van der Waals surface area contributed by atoms with E-state index in [1.54, 1.807) is 6.92 Å². The molecule has 0 saturated heterocycles. The number of amides is 1. The predicted octanol–water partition coefficient (Wildman–Crippen LogP) is 2.97. The van der Waals surface area contributed by atoms with E-state index in [0.29, 0.717) is 12.5 Å². The molecule has 0 bridgehead atoms. The molecule has 5 heteroatoms. The van der Waals surface area contributed by atoms with E-state index in [0.717, 1.165) is 17.7 Å². The number of hydrogen-bond donors (Lipinski definition) is 1. The molecule has 126 valence electrons. The molecule has 1 amide bonds. The average molecular weight is 335 g/mol. The lowest BCUT2D eigenvalue weighted by Crippen LogP contribution is -2.37. The minimum atomic E-state index is -0.748. The normalized spacial score (nSPS) is 14.4. The van der Waals surface area contributed by atoms with E-state index in [2.05, 4.69) is 23.5 Å². The highest BCUT2D eigenvalue weighted by molar-refractivity contribution is 8.00. The van der Waals surface area contributed by atoms with Crippen LogP contribution in [-0.2, 0) is 27.2 Å². The van der Waals surface area contributed by atoms with Gasteiger partial charge in [0, 0.05) is 11.4 Å². The lowest BCUT2D eigenvalue weighted by molar-refractivity contribution is -0.152. The SMILES string of the molecule is CC(C)CNC(=O)[C@H](C)OC(=O)CSc1ccc2c(c1)CCC2. The summed E-state index contributed by atoms with van der Waals surface area (Å²) >= 11 is 1.46. The first-order valence-corrected chi connectivity index (χ1v) is 9.16. The van der Waals surface area contributed by atoms with Gasteiger partial charge in [-0.05, 0) is 55.4 Å². The van der Waals surface area contributed by atoms with Crippen LogP contribution < -0.4 is 5.32 Å². The number of esters is 1. The van der Waals surface area contributed by atoms with Crippen LogP contribution in [0.15, 0.2) is 23.1 Å². The van der Waals surface area contributed by atoms with Crippen LogP contribution in [0.3, 0.4) is 0 Å². The first kappa shape index (κ1) is 17.9. The summed E-state index contributed by atoms with van der Waals surface area (Å²) in [6.45, 7) is 6.23. The van der Waals surface area contributed by atoms with Gasteiger partial charge in [-0.1, -0.05) is 19.9 Å². The van der Waals surface area contributed by atoms with E-state index in [1.807, 2.05) is 13.8 Å². The zero-order valence-corrected chi connectivity index (χ0v) is 14.9. The smallest absolute Gasteiger partial charge is 0.317 e. The summed E-state index contributed by atoms with van der Waals surface area (Å²) in [6, 6.07) is 6.37. The van der Waals surface area contributed by atoms with Gasteiger partial charge < -0.3 is 10.1 Å².